The van der Waals surface area contributed by atoms with Crippen LogP contribution in [0.4, 0.5) is 5.69 Å². The van der Waals surface area contributed by atoms with Gasteiger partial charge in [-0.3, -0.25) is 15.0 Å². The number of nitro benzene ring substituents is 1. The second kappa shape index (κ2) is 6.65. The van der Waals surface area contributed by atoms with Crippen LogP contribution >= 0.6 is 15.9 Å². The summed E-state index contributed by atoms with van der Waals surface area (Å²) in [6.07, 6.45) is 4.34. The molecule has 2 rings (SSSR count). The molecule has 0 spiro atoms. The third-order valence-electron chi connectivity index (χ3n) is 4.00. The average molecular weight is 342 g/mol. The van der Waals surface area contributed by atoms with Gasteiger partial charge in [0.05, 0.1) is 9.40 Å². The molecule has 0 heterocycles. The molecule has 0 radical (unpaired) electrons. The molecule has 1 aromatic rings. The number of nitrogens with two attached hydrogens (primary N) is 1. The van der Waals surface area contributed by atoms with Crippen LogP contribution in [0.15, 0.2) is 22.7 Å². The predicted octanol–water partition coefficient (Wildman–Crippen LogP) is 3.06. The van der Waals surface area contributed by atoms with E-state index >= 15 is 0 Å². The van der Waals surface area contributed by atoms with Crippen LogP contribution < -0.4 is 5.73 Å². The van der Waals surface area contributed by atoms with E-state index in [4.69, 9.17) is 5.73 Å². The molecule has 0 atom stereocenters. The normalized spacial score (nSPS) is 23.0. The maximum absolute atomic E-state index is 10.9. The van der Waals surface area contributed by atoms with Gasteiger partial charge in [0.2, 0.25) is 0 Å². The van der Waals surface area contributed by atoms with Crippen molar-refractivity contribution in [3.05, 3.63) is 38.3 Å². The fourth-order valence-electron chi connectivity index (χ4n) is 2.76. The molecule has 0 amide bonds. The summed E-state index contributed by atoms with van der Waals surface area (Å²) < 4.78 is 0.526. The molecule has 20 heavy (non-hydrogen) atoms. The van der Waals surface area contributed by atoms with Crippen molar-refractivity contribution in [3.63, 3.8) is 0 Å². The van der Waals surface area contributed by atoms with E-state index < -0.39 is 0 Å². The highest BCUT2D eigenvalue weighted by atomic mass is 79.9. The fourth-order valence-corrected chi connectivity index (χ4v) is 3.15. The molecular formula is C14H20BrN3O2. The third kappa shape index (κ3) is 3.77. The van der Waals surface area contributed by atoms with Crippen molar-refractivity contribution in [1.82, 2.24) is 4.90 Å². The molecule has 0 aliphatic heterocycles. The molecule has 1 saturated carbocycles. The van der Waals surface area contributed by atoms with Gasteiger partial charge in [-0.2, -0.15) is 0 Å². The second-order valence-electron chi connectivity index (χ2n) is 5.53. The maximum atomic E-state index is 10.9. The highest BCUT2D eigenvalue weighted by Crippen LogP contribution is 2.27. The fraction of sp³-hybridized carbons (Fsp3) is 0.571. The van der Waals surface area contributed by atoms with Gasteiger partial charge in [-0.15, -0.1) is 0 Å². The SMILES string of the molecule is CN(Cc1ccc(Br)c([N+](=O)[O-])c1)C1CCC(N)CC1. The molecule has 1 aromatic carbocycles. The van der Waals surface area contributed by atoms with Crippen LogP contribution in [0.1, 0.15) is 31.2 Å². The lowest BCUT2D eigenvalue weighted by molar-refractivity contribution is -0.385. The molecule has 0 bridgehead atoms. The summed E-state index contributed by atoms with van der Waals surface area (Å²) in [4.78, 5) is 12.9. The summed E-state index contributed by atoms with van der Waals surface area (Å²) in [7, 11) is 2.08. The molecule has 1 fully saturated rings. The highest BCUT2D eigenvalue weighted by Gasteiger charge is 2.22. The lowest BCUT2D eigenvalue weighted by atomic mass is 9.91. The van der Waals surface area contributed by atoms with Crippen molar-refractivity contribution in [2.24, 2.45) is 5.73 Å². The Hall–Kier alpha value is -0.980. The molecule has 6 heteroatoms. The number of halogens is 1. The van der Waals surface area contributed by atoms with Gasteiger partial charge in [0.1, 0.15) is 0 Å². The first-order valence-electron chi connectivity index (χ1n) is 6.86. The summed E-state index contributed by atoms with van der Waals surface area (Å²) in [6, 6.07) is 6.20. The maximum Gasteiger partial charge on any atom is 0.283 e. The number of rotatable bonds is 4. The first kappa shape index (κ1) is 15.4. The van der Waals surface area contributed by atoms with Crippen molar-refractivity contribution in [2.45, 2.75) is 44.3 Å². The van der Waals surface area contributed by atoms with Crippen molar-refractivity contribution in [2.75, 3.05) is 7.05 Å². The number of hydrogen-bond donors (Lipinski definition) is 1. The van der Waals surface area contributed by atoms with Crippen molar-refractivity contribution >= 4 is 21.6 Å². The zero-order chi connectivity index (χ0) is 14.7. The van der Waals surface area contributed by atoms with Crippen LogP contribution in [0, 0.1) is 10.1 Å². The molecule has 0 unspecified atom stereocenters. The minimum absolute atomic E-state index is 0.126. The van der Waals surface area contributed by atoms with Crippen LogP contribution in [0.2, 0.25) is 0 Å². The number of nitrogens with zero attached hydrogens (tertiary/aromatic N) is 2. The molecule has 1 aliphatic rings. The van der Waals surface area contributed by atoms with Crippen molar-refractivity contribution < 1.29 is 4.92 Å². The Morgan fingerprint density at radius 1 is 1.40 bits per heavy atom. The van der Waals surface area contributed by atoms with E-state index in [1.54, 1.807) is 12.1 Å². The summed E-state index contributed by atoms with van der Waals surface area (Å²) in [5.74, 6) is 0. The van der Waals surface area contributed by atoms with E-state index in [1.807, 2.05) is 6.07 Å². The lowest BCUT2D eigenvalue weighted by Gasteiger charge is -2.33. The highest BCUT2D eigenvalue weighted by molar-refractivity contribution is 9.10. The smallest absolute Gasteiger partial charge is 0.283 e. The summed E-state index contributed by atoms with van der Waals surface area (Å²) in [5, 5.41) is 10.9. The standard InChI is InChI=1S/C14H20BrN3O2/c1-17(12-5-3-11(16)4-6-12)9-10-2-7-13(15)14(8-10)18(19)20/h2,7-8,11-12H,3-6,9,16H2,1H3. The van der Waals surface area contributed by atoms with Gasteiger partial charge >= 0.3 is 0 Å². The molecule has 0 saturated heterocycles. The molecule has 0 aromatic heterocycles. The topological polar surface area (TPSA) is 72.4 Å². The van der Waals surface area contributed by atoms with Gasteiger partial charge in [-0.05, 0) is 60.3 Å². The van der Waals surface area contributed by atoms with Gasteiger partial charge in [0, 0.05) is 24.7 Å². The van der Waals surface area contributed by atoms with E-state index in [2.05, 4.69) is 27.9 Å². The van der Waals surface area contributed by atoms with Gasteiger partial charge in [0.25, 0.3) is 5.69 Å². The van der Waals surface area contributed by atoms with Crippen LogP contribution in [0.3, 0.4) is 0 Å². The van der Waals surface area contributed by atoms with Crippen LogP contribution in [-0.4, -0.2) is 29.0 Å². The molecule has 2 N–H and O–H groups in total. The molecule has 5 nitrogen and oxygen atoms in total. The summed E-state index contributed by atoms with van der Waals surface area (Å²) in [5.41, 5.74) is 7.02. The zero-order valence-electron chi connectivity index (χ0n) is 11.6. The third-order valence-corrected chi connectivity index (χ3v) is 4.67. The zero-order valence-corrected chi connectivity index (χ0v) is 13.2. The number of nitro groups is 1. The minimum atomic E-state index is -0.354. The van der Waals surface area contributed by atoms with Crippen LogP contribution in [0.5, 0.6) is 0 Å². The van der Waals surface area contributed by atoms with Gasteiger partial charge < -0.3 is 5.73 Å². The Balaban J connectivity index is 2.02. The van der Waals surface area contributed by atoms with Crippen LogP contribution in [0.25, 0.3) is 0 Å². The summed E-state index contributed by atoms with van der Waals surface area (Å²) >= 11 is 3.21. The van der Waals surface area contributed by atoms with E-state index in [0.29, 0.717) is 16.6 Å². The van der Waals surface area contributed by atoms with Crippen LogP contribution in [-0.2, 0) is 6.54 Å². The van der Waals surface area contributed by atoms with Gasteiger partial charge in [-0.25, -0.2) is 0 Å². The monoisotopic (exact) mass is 341 g/mol. The Kier molecular flexibility index (Phi) is 5.12. The Morgan fingerprint density at radius 3 is 2.65 bits per heavy atom. The van der Waals surface area contributed by atoms with E-state index in [0.717, 1.165) is 37.8 Å². The molecular weight excluding hydrogens is 322 g/mol. The minimum Gasteiger partial charge on any atom is -0.328 e. The average Bonchev–Trinajstić information content (AvgIpc) is 2.41. The first-order valence-corrected chi connectivity index (χ1v) is 7.65. The Bertz CT molecular complexity index is 487. The van der Waals surface area contributed by atoms with E-state index in [9.17, 15) is 10.1 Å². The van der Waals surface area contributed by atoms with Gasteiger partial charge in [-0.1, -0.05) is 6.07 Å². The molecule has 110 valence electrons. The number of hydrogen-bond acceptors (Lipinski definition) is 4. The number of benzene rings is 1. The van der Waals surface area contributed by atoms with Crippen molar-refractivity contribution in [1.29, 1.82) is 0 Å². The predicted molar refractivity (Wildman–Crippen MR) is 82.5 cm³/mol. The Morgan fingerprint density at radius 2 is 2.05 bits per heavy atom. The second-order valence-corrected chi connectivity index (χ2v) is 6.38. The molecule has 1 aliphatic carbocycles. The van der Waals surface area contributed by atoms with Crippen molar-refractivity contribution in [3.8, 4) is 0 Å². The lowest BCUT2D eigenvalue weighted by Crippen LogP contribution is -2.38. The Labute approximate surface area is 127 Å². The quantitative estimate of drug-likeness (QED) is 0.674. The van der Waals surface area contributed by atoms with Gasteiger partial charge in [0.15, 0.2) is 0 Å². The summed E-state index contributed by atoms with van der Waals surface area (Å²) in [6.45, 7) is 0.730. The van der Waals surface area contributed by atoms with E-state index in [1.165, 1.54) is 0 Å². The largest absolute Gasteiger partial charge is 0.328 e. The van der Waals surface area contributed by atoms with E-state index in [-0.39, 0.29) is 10.6 Å². The first-order chi connectivity index (χ1) is 9.47.